The molecule has 0 amide bonds. The van der Waals surface area contributed by atoms with Crippen molar-refractivity contribution in [3.8, 4) is 0 Å². The lowest BCUT2D eigenvalue weighted by molar-refractivity contribution is 0.659. The molecule has 1 unspecified atom stereocenters. The van der Waals surface area contributed by atoms with E-state index in [0.717, 1.165) is 35.8 Å². The molecule has 1 aromatic heterocycles. The molecule has 18 heavy (non-hydrogen) atoms. The van der Waals surface area contributed by atoms with E-state index in [4.69, 9.17) is 5.73 Å². The number of hydrogen-bond donors (Lipinski definition) is 1. The zero-order chi connectivity index (χ0) is 12.7. The first-order valence-corrected chi connectivity index (χ1v) is 6.55. The number of anilines is 2. The fourth-order valence-electron chi connectivity index (χ4n) is 2.78. The van der Waals surface area contributed by atoms with Crippen LogP contribution in [-0.2, 0) is 0 Å². The average Bonchev–Trinajstić information content (AvgIpc) is 2.76. The maximum absolute atomic E-state index is 6.04. The quantitative estimate of drug-likeness (QED) is 0.780. The normalized spacial score (nSPS) is 19.7. The van der Waals surface area contributed by atoms with Crippen molar-refractivity contribution in [3.63, 3.8) is 0 Å². The van der Waals surface area contributed by atoms with Gasteiger partial charge >= 0.3 is 0 Å². The number of hydrogen-bond acceptors (Lipinski definition) is 3. The number of nitrogen functional groups attached to an aromatic ring is 1. The van der Waals surface area contributed by atoms with Gasteiger partial charge in [0.05, 0.1) is 0 Å². The standard InChI is InChI=1S/C15H19N3/c1-10-5-6-18(9-10)15-4-3-14(16)13-8-17-11(2)7-12(13)15/h3-4,7-8,10H,5-6,9,16H2,1-2H3. The molecule has 2 aromatic rings. The van der Waals surface area contributed by atoms with Crippen LogP contribution in [0.4, 0.5) is 11.4 Å². The van der Waals surface area contributed by atoms with Crippen LogP contribution in [0.1, 0.15) is 19.0 Å². The third-order valence-electron chi connectivity index (χ3n) is 3.81. The molecule has 2 N–H and O–H groups in total. The highest BCUT2D eigenvalue weighted by Gasteiger charge is 2.20. The Kier molecular flexibility index (Phi) is 2.62. The van der Waals surface area contributed by atoms with Crippen molar-refractivity contribution in [1.82, 2.24) is 4.98 Å². The van der Waals surface area contributed by atoms with Crippen LogP contribution in [0, 0.1) is 12.8 Å². The lowest BCUT2D eigenvalue weighted by atomic mass is 10.1. The van der Waals surface area contributed by atoms with Crippen molar-refractivity contribution in [2.24, 2.45) is 5.92 Å². The molecule has 1 saturated heterocycles. The highest BCUT2D eigenvalue weighted by Crippen LogP contribution is 2.33. The van der Waals surface area contributed by atoms with Gasteiger partial charge in [0.25, 0.3) is 0 Å². The second-order valence-corrected chi connectivity index (χ2v) is 5.39. The van der Waals surface area contributed by atoms with E-state index < -0.39 is 0 Å². The van der Waals surface area contributed by atoms with E-state index in [2.05, 4.69) is 28.9 Å². The first kappa shape index (κ1) is 11.3. The maximum Gasteiger partial charge on any atom is 0.0448 e. The second kappa shape index (κ2) is 4.16. The maximum atomic E-state index is 6.04. The van der Waals surface area contributed by atoms with Crippen LogP contribution >= 0.6 is 0 Å². The molecule has 0 aliphatic carbocycles. The zero-order valence-electron chi connectivity index (χ0n) is 11.0. The largest absolute Gasteiger partial charge is 0.398 e. The van der Waals surface area contributed by atoms with Gasteiger partial charge in [-0.3, -0.25) is 4.98 Å². The molecular formula is C15H19N3. The number of fused-ring (bicyclic) bond motifs is 1. The zero-order valence-corrected chi connectivity index (χ0v) is 11.0. The number of pyridine rings is 1. The molecule has 94 valence electrons. The Labute approximate surface area is 108 Å². The Bertz CT molecular complexity index is 592. The Hall–Kier alpha value is -1.77. The van der Waals surface area contributed by atoms with Crippen molar-refractivity contribution >= 4 is 22.1 Å². The summed E-state index contributed by atoms with van der Waals surface area (Å²) in [5.41, 5.74) is 9.20. The highest BCUT2D eigenvalue weighted by atomic mass is 15.1. The Morgan fingerprint density at radius 1 is 1.33 bits per heavy atom. The lowest BCUT2D eigenvalue weighted by Gasteiger charge is -2.21. The molecule has 1 fully saturated rings. The smallest absolute Gasteiger partial charge is 0.0448 e. The number of rotatable bonds is 1. The van der Waals surface area contributed by atoms with Crippen LogP contribution in [-0.4, -0.2) is 18.1 Å². The number of aromatic nitrogens is 1. The lowest BCUT2D eigenvalue weighted by Crippen LogP contribution is -2.19. The summed E-state index contributed by atoms with van der Waals surface area (Å²) in [6, 6.07) is 6.29. The molecule has 1 aliphatic rings. The molecule has 1 aliphatic heterocycles. The van der Waals surface area contributed by atoms with Gasteiger partial charge in [0.2, 0.25) is 0 Å². The number of benzene rings is 1. The summed E-state index contributed by atoms with van der Waals surface area (Å²) in [6.07, 6.45) is 3.17. The van der Waals surface area contributed by atoms with Crippen LogP contribution in [0.5, 0.6) is 0 Å². The Morgan fingerprint density at radius 3 is 2.89 bits per heavy atom. The number of aryl methyl sites for hydroxylation is 1. The SMILES string of the molecule is Cc1cc2c(N3CCC(C)C3)ccc(N)c2cn1. The summed E-state index contributed by atoms with van der Waals surface area (Å²) in [4.78, 5) is 6.82. The van der Waals surface area contributed by atoms with Gasteiger partial charge in [0.15, 0.2) is 0 Å². The summed E-state index contributed by atoms with van der Waals surface area (Å²) in [6.45, 7) is 6.62. The third-order valence-corrected chi connectivity index (χ3v) is 3.81. The van der Waals surface area contributed by atoms with Crippen molar-refractivity contribution in [2.75, 3.05) is 23.7 Å². The Morgan fingerprint density at radius 2 is 2.17 bits per heavy atom. The topological polar surface area (TPSA) is 42.1 Å². The summed E-state index contributed by atoms with van der Waals surface area (Å²) >= 11 is 0. The minimum Gasteiger partial charge on any atom is -0.398 e. The Balaban J connectivity index is 2.17. The van der Waals surface area contributed by atoms with Gasteiger partial charge in [0.1, 0.15) is 0 Å². The number of nitrogens with two attached hydrogens (primary N) is 1. The van der Waals surface area contributed by atoms with Gasteiger partial charge in [-0.05, 0) is 37.5 Å². The van der Waals surface area contributed by atoms with Crippen LogP contribution in [0.25, 0.3) is 10.8 Å². The van der Waals surface area contributed by atoms with E-state index in [1.807, 2.05) is 19.2 Å². The van der Waals surface area contributed by atoms with E-state index in [9.17, 15) is 0 Å². The van der Waals surface area contributed by atoms with Gasteiger partial charge in [-0.2, -0.15) is 0 Å². The summed E-state index contributed by atoms with van der Waals surface area (Å²) < 4.78 is 0. The predicted molar refractivity (Wildman–Crippen MR) is 76.9 cm³/mol. The van der Waals surface area contributed by atoms with Crippen molar-refractivity contribution in [3.05, 3.63) is 30.1 Å². The fourth-order valence-corrected chi connectivity index (χ4v) is 2.78. The first-order chi connectivity index (χ1) is 8.65. The molecule has 0 saturated carbocycles. The molecule has 0 spiro atoms. The van der Waals surface area contributed by atoms with Gasteiger partial charge in [-0.15, -0.1) is 0 Å². The molecule has 1 atom stereocenters. The van der Waals surface area contributed by atoms with Crippen molar-refractivity contribution in [1.29, 1.82) is 0 Å². The van der Waals surface area contributed by atoms with Gasteiger partial charge in [-0.25, -0.2) is 0 Å². The van der Waals surface area contributed by atoms with Crippen LogP contribution < -0.4 is 10.6 Å². The predicted octanol–water partition coefficient (Wildman–Crippen LogP) is 2.97. The summed E-state index contributed by atoms with van der Waals surface area (Å²) in [7, 11) is 0. The van der Waals surface area contributed by atoms with E-state index in [1.54, 1.807) is 0 Å². The van der Waals surface area contributed by atoms with Crippen molar-refractivity contribution < 1.29 is 0 Å². The minimum atomic E-state index is 0.778. The van der Waals surface area contributed by atoms with E-state index >= 15 is 0 Å². The first-order valence-electron chi connectivity index (χ1n) is 6.55. The van der Waals surface area contributed by atoms with Crippen LogP contribution in [0.15, 0.2) is 24.4 Å². The molecule has 2 heterocycles. The van der Waals surface area contributed by atoms with Crippen molar-refractivity contribution in [2.45, 2.75) is 20.3 Å². The second-order valence-electron chi connectivity index (χ2n) is 5.39. The third kappa shape index (κ3) is 1.80. The van der Waals surface area contributed by atoms with Gasteiger partial charge in [0, 0.05) is 47.1 Å². The molecule has 1 aromatic carbocycles. The van der Waals surface area contributed by atoms with Crippen LogP contribution in [0.3, 0.4) is 0 Å². The molecule has 3 nitrogen and oxygen atoms in total. The van der Waals surface area contributed by atoms with E-state index in [0.29, 0.717) is 0 Å². The summed E-state index contributed by atoms with van der Waals surface area (Å²) in [5, 5.41) is 2.30. The fraction of sp³-hybridized carbons (Fsp3) is 0.400. The molecule has 0 radical (unpaired) electrons. The van der Waals surface area contributed by atoms with E-state index in [1.165, 1.54) is 17.5 Å². The van der Waals surface area contributed by atoms with E-state index in [-0.39, 0.29) is 0 Å². The summed E-state index contributed by atoms with van der Waals surface area (Å²) in [5.74, 6) is 0.778. The number of nitrogens with zero attached hydrogens (tertiary/aromatic N) is 2. The van der Waals surface area contributed by atoms with Crippen LogP contribution in [0.2, 0.25) is 0 Å². The molecular weight excluding hydrogens is 222 g/mol. The molecule has 3 heteroatoms. The molecule has 3 rings (SSSR count). The van der Waals surface area contributed by atoms with Gasteiger partial charge in [-0.1, -0.05) is 6.92 Å². The van der Waals surface area contributed by atoms with Gasteiger partial charge < -0.3 is 10.6 Å². The molecule has 0 bridgehead atoms. The highest BCUT2D eigenvalue weighted by molar-refractivity contribution is 6.01. The average molecular weight is 241 g/mol. The monoisotopic (exact) mass is 241 g/mol. The minimum absolute atomic E-state index is 0.778.